The SMILES string of the molecule is CNC1CC(C)CC(C)C1N1CCOC2CCCCC21. The highest BCUT2D eigenvalue weighted by molar-refractivity contribution is 4.99. The first-order valence-corrected chi connectivity index (χ1v) is 8.75. The van der Waals surface area contributed by atoms with Gasteiger partial charge in [0, 0.05) is 24.7 Å². The molecule has 0 aromatic heterocycles. The molecule has 3 aliphatic rings. The Bertz CT molecular complexity index is 320. The maximum Gasteiger partial charge on any atom is 0.0731 e. The lowest BCUT2D eigenvalue weighted by molar-refractivity contribution is -0.120. The average Bonchev–Trinajstić information content (AvgIpc) is 2.46. The topological polar surface area (TPSA) is 24.5 Å². The second kappa shape index (κ2) is 6.33. The van der Waals surface area contributed by atoms with Crippen molar-refractivity contribution in [3.8, 4) is 0 Å². The molecular weight excluding hydrogens is 248 g/mol. The van der Waals surface area contributed by atoms with Gasteiger partial charge in [-0.25, -0.2) is 0 Å². The molecule has 116 valence electrons. The minimum atomic E-state index is 0.515. The molecule has 2 aliphatic carbocycles. The van der Waals surface area contributed by atoms with Gasteiger partial charge in [-0.3, -0.25) is 4.90 Å². The highest BCUT2D eigenvalue weighted by atomic mass is 16.5. The molecule has 0 radical (unpaired) electrons. The van der Waals surface area contributed by atoms with E-state index in [1.807, 2.05) is 0 Å². The maximum atomic E-state index is 6.07. The minimum Gasteiger partial charge on any atom is -0.375 e. The van der Waals surface area contributed by atoms with E-state index in [4.69, 9.17) is 4.74 Å². The monoisotopic (exact) mass is 280 g/mol. The number of nitrogens with zero attached hydrogens (tertiary/aromatic N) is 1. The van der Waals surface area contributed by atoms with E-state index in [1.165, 1.54) is 38.5 Å². The molecule has 2 saturated carbocycles. The van der Waals surface area contributed by atoms with Gasteiger partial charge in [0.05, 0.1) is 12.7 Å². The van der Waals surface area contributed by atoms with Crippen LogP contribution < -0.4 is 5.32 Å². The Morgan fingerprint density at radius 3 is 2.70 bits per heavy atom. The van der Waals surface area contributed by atoms with E-state index in [0.29, 0.717) is 24.2 Å². The number of likely N-dealkylation sites (N-methyl/N-ethyl adjacent to an activating group) is 1. The van der Waals surface area contributed by atoms with Gasteiger partial charge in [0.15, 0.2) is 0 Å². The molecule has 3 fully saturated rings. The first-order valence-electron chi connectivity index (χ1n) is 8.75. The molecule has 6 atom stereocenters. The van der Waals surface area contributed by atoms with Crippen molar-refractivity contribution in [1.82, 2.24) is 10.2 Å². The fourth-order valence-corrected chi connectivity index (χ4v) is 5.18. The number of fused-ring (bicyclic) bond motifs is 1. The van der Waals surface area contributed by atoms with Crippen molar-refractivity contribution in [2.75, 3.05) is 20.2 Å². The summed E-state index contributed by atoms with van der Waals surface area (Å²) in [4.78, 5) is 2.84. The lowest BCUT2D eigenvalue weighted by Crippen LogP contribution is -2.64. The van der Waals surface area contributed by atoms with Crippen molar-refractivity contribution in [2.45, 2.75) is 76.6 Å². The summed E-state index contributed by atoms with van der Waals surface area (Å²) < 4.78 is 6.07. The Morgan fingerprint density at radius 2 is 1.90 bits per heavy atom. The van der Waals surface area contributed by atoms with Crippen LogP contribution in [0.3, 0.4) is 0 Å². The summed E-state index contributed by atoms with van der Waals surface area (Å²) in [7, 11) is 2.15. The summed E-state index contributed by atoms with van der Waals surface area (Å²) in [6.45, 7) is 6.97. The van der Waals surface area contributed by atoms with Crippen molar-refractivity contribution in [3.63, 3.8) is 0 Å². The predicted molar refractivity (Wildman–Crippen MR) is 82.9 cm³/mol. The maximum absolute atomic E-state index is 6.07. The van der Waals surface area contributed by atoms with Gasteiger partial charge in [0.2, 0.25) is 0 Å². The largest absolute Gasteiger partial charge is 0.375 e. The van der Waals surface area contributed by atoms with Crippen LogP contribution in [-0.4, -0.2) is 49.3 Å². The standard InChI is InChI=1S/C17H32N2O/c1-12-10-13(2)17(14(11-12)18-3)19-8-9-20-16-7-5-4-6-15(16)19/h12-18H,4-11H2,1-3H3. The third-order valence-corrected chi connectivity index (χ3v) is 5.95. The highest BCUT2D eigenvalue weighted by Gasteiger charge is 2.43. The molecule has 3 rings (SSSR count). The molecule has 1 aliphatic heterocycles. The quantitative estimate of drug-likeness (QED) is 0.841. The molecular formula is C17H32N2O. The molecule has 20 heavy (non-hydrogen) atoms. The van der Waals surface area contributed by atoms with E-state index in [9.17, 15) is 0 Å². The molecule has 0 aromatic carbocycles. The van der Waals surface area contributed by atoms with Crippen LogP contribution in [0.5, 0.6) is 0 Å². The Hall–Kier alpha value is -0.120. The molecule has 6 unspecified atom stereocenters. The molecule has 1 saturated heterocycles. The van der Waals surface area contributed by atoms with Gasteiger partial charge in [-0.05, 0) is 44.6 Å². The number of hydrogen-bond acceptors (Lipinski definition) is 3. The van der Waals surface area contributed by atoms with Gasteiger partial charge >= 0.3 is 0 Å². The first-order chi connectivity index (χ1) is 9.70. The summed E-state index contributed by atoms with van der Waals surface area (Å²) >= 11 is 0. The van der Waals surface area contributed by atoms with E-state index in [0.717, 1.165) is 25.0 Å². The van der Waals surface area contributed by atoms with Crippen molar-refractivity contribution < 1.29 is 4.74 Å². The van der Waals surface area contributed by atoms with Crippen molar-refractivity contribution in [3.05, 3.63) is 0 Å². The fourth-order valence-electron chi connectivity index (χ4n) is 5.18. The molecule has 0 spiro atoms. The molecule has 3 heteroatoms. The predicted octanol–water partition coefficient (Wildman–Crippen LogP) is 2.65. The van der Waals surface area contributed by atoms with E-state index < -0.39 is 0 Å². The normalized spacial score (nSPS) is 47.0. The molecule has 1 N–H and O–H groups in total. The number of nitrogens with one attached hydrogen (secondary N) is 1. The van der Waals surface area contributed by atoms with Gasteiger partial charge in [-0.1, -0.05) is 26.7 Å². The first kappa shape index (κ1) is 14.8. The number of ether oxygens (including phenoxy) is 1. The Labute approximate surface area is 124 Å². The second-order valence-electron chi connectivity index (χ2n) is 7.44. The van der Waals surface area contributed by atoms with Crippen molar-refractivity contribution >= 4 is 0 Å². The van der Waals surface area contributed by atoms with Crippen LogP contribution in [-0.2, 0) is 4.74 Å². The van der Waals surface area contributed by atoms with Crippen LogP contribution >= 0.6 is 0 Å². The molecule has 0 bridgehead atoms. The number of morpholine rings is 1. The Balaban J connectivity index is 1.77. The zero-order valence-electron chi connectivity index (χ0n) is 13.5. The smallest absolute Gasteiger partial charge is 0.0731 e. The van der Waals surface area contributed by atoms with Crippen LogP contribution in [0, 0.1) is 11.8 Å². The van der Waals surface area contributed by atoms with E-state index in [2.05, 4.69) is 31.1 Å². The van der Waals surface area contributed by atoms with Gasteiger partial charge in [-0.15, -0.1) is 0 Å². The zero-order chi connectivity index (χ0) is 14.1. The second-order valence-corrected chi connectivity index (χ2v) is 7.44. The lowest BCUT2D eigenvalue weighted by atomic mass is 9.74. The third-order valence-electron chi connectivity index (χ3n) is 5.95. The third kappa shape index (κ3) is 2.77. The summed E-state index contributed by atoms with van der Waals surface area (Å²) in [5.74, 6) is 1.67. The molecule has 0 amide bonds. The van der Waals surface area contributed by atoms with Gasteiger partial charge in [0.1, 0.15) is 0 Å². The number of rotatable bonds is 2. The van der Waals surface area contributed by atoms with Crippen LogP contribution in [0.25, 0.3) is 0 Å². The van der Waals surface area contributed by atoms with Crippen molar-refractivity contribution in [2.24, 2.45) is 11.8 Å². The number of hydrogen-bond donors (Lipinski definition) is 1. The van der Waals surface area contributed by atoms with Crippen molar-refractivity contribution in [1.29, 1.82) is 0 Å². The summed E-state index contributed by atoms with van der Waals surface area (Å²) in [5, 5.41) is 3.63. The molecule has 3 nitrogen and oxygen atoms in total. The minimum absolute atomic E-state index is 0.515. The summed E-state index contributed by atoms with van der Waals surface area (Å²) in [5.41, 5.74) is 0. The van der Waals surface area contributed by atoms with E-state index in [1.54, 1.807) is 0 Å². The Kier molecular flexibility index (Phi) is 4.68. The van der Waals surface area contributed by atoms with E-state index >= 15 is 0 Å². The van der Waals surface area contributed by atoms with Gasteiger partial charge in [-0.2, -0.15) is 0 Å². The average molecular weight is 280 g/mol. The van der Waals surface area contributed by atoms with Crippen LogP contribution in [0.4, 0.5) is 0 Å². The summed E-state index contributed by atoms with van der Waals surface area (Å²) in [6, 6.07) is 2.06. The molecule has 1 heterocycles. The highest BCUT2D eigenvalue weighted by Crippen LogP contribution is 2.37. The lowest BCUT2D eigenvalue weighted by Gasteiger charge is -2.53. The summed E-state index contributed by atoms with van der Waals surface area (Å²) in [6.07, 6.45) is 8.62. The zero-order valence-corrected chi connectivity index (χ0v) is 13.5. The van der Waals surface area contributed by atoms with Gasteiger partial charge < -0.3 is 10.1 Å². The van der Waals surface area contributed by atoms with Crippen LogP contribution in [0.2, 0.25) is 0 Å². The molecule has 0 aromatic rings. The fraction of sp³-hybridized carbons (Fsp3) is 1.00. The van der Waals surface area contributed by atoms with Crippen LogP contribution in [0.15, 0.2) is 0 Å². The van der Waals surface area contributed by atoms with E-state index in [-0.39, 0.29) is 0 Å². The van der Waals surface area contributed by atoms with Crippen LogP contribution in [0.1, 0.15) is 52.4 Å². The van der Waals surface area contributed by atoms with Gasteiger partial charge in [0.25, 0.3) is 0 Å². The Morgan fingerprint density at radius 1 is 1.10 bits per heavy atom.